The lowest BCUT2D eigenvalue weighted by Gasteiger charge is -2.38. The van der Waals surface area contributed by atoms with Gasteiger partial charge in [-0.25, -0.2) is 4.98 Å². The van der Waals surface area contributed by atoms with Crippen LogP contribution < -0.4 is 10.1 Å². The number of aryl methyl sites for hydroxylation is 1. The maximum Gasteiger partial charge on any atom is 0.234 e. The molecule has 0 saturated carbocycles. The SMILES string of the molecule is COc1ccc2[nH]c(C[C@@H]3C[C@H]4CC[C@@H](C3)N4CC(=O)NC(C)(C)C)nc2c1C. The van der Waals surface area contributed by atoms with Crippen molar-refractivity contribution in [3.8, 4) is 5.75 Å². The number of hydrogen-bond acceptors (Lipinski definition) is 4. The third-order valence-electron chi connectivity index (χ3n) is 6.43. The van der Waals surface area contributed by atoms with Gasteiger partial charge in [-0.15, -0.1) is 0 Å². The fraction of sp³-hybridized carbons (Fsp3) is 0.652. The number of hydrogen-bond donors (Lipinski definition) is 2. The Morgan fingerprint density at radius 1 is 1.28 bits per heavy atom. The zero-order chi connectivity index (χ0) is 20.8. The zero-order valence-electron chi connectivity index (χ0n) is 18.3. The monoisotopic (exact) mass is 398 g/mol. The van der Waals surface area contributed by atoms with E-state index in [9.17, 15) is 4.79 Å². The van der Waals surface area contributed by atoms with E-state index in [1.54, 1.807) is 7.11 Å². The first-order valence-electron chi connectivity index (χ1n) is 10.8. The molecule has 0 radical (unpaired) electrons. The van der Waals surface area contributed by atoms with Crippen LogP contribution in [-0.2, 0) is 11.2 Å². The van der Waals surface area contributed by atoms with Gasteiger partial charge in [0.15, 0.2) is 0 Å². The van der Waals surface area contributed by atoms with Crippen molar-refractivity contribution in [1.82, 2.24) is 20.2 Å². The van der Waals surface area contributed by atoms with Crippen LogP contribution in [0, 0.1) is 12.8 Å². The van der Waals surface area contributed by atoms with E-state index in [2.05, 4.69) is 28.2 Å². The molecule has 1 aromatic heterocycles. The van der Waals surface area contributed by atoms with Crippen LogP contribution in [0.4, 0.5) is 0 Å². The molecule has 2 N–H and O–H groups in total. The maximum atomic E-state index is 12.4. The van der Waals surface area contributed by atoms with Gasteiger partial charge < -0.3 is 15.0 Å². The second-order valence-electron chi connectivity index (χ2n) is 9.87. The van der Waals surface area contributed by atoms with E-state index in [-0.39, 0.29) is 11.4 Å². The van der Waals surface area contributed by atoms with Crippen molar-refractivity contribution < 1.29 is 9.53 Å². The first-order chi connectivity index (χ1) is 13.7. The molecule has 4 rings (SSSR count). The number of rotatable bonds is 5. The summed E-state index contributed by atoms with van der Waals surface area (Å²) in [6.07, 6.45) is 5.70. The van der Waals surface area contributed by atoms with Crippen LogP contribution >= 0.6 is 0 Å². The number of ether oxygens (including phenoxy) is 1. The second kappa shape index (κ2) is 7.63. The summed E-state index contributed by atoms with van der Waals surface area (Å²) in [6.45, 7) is 8.71. The molecule has 2 aromatic rings. The number of aromatic nitrogens is 2. The number of benzene rings is 1. The smallest absolute Gasteiger partial charge is 0.234 e. The van der Waals surface area contributed by atoms with E-state index in [0.29, 0.717) is 24.5 Å². The number of methoxy groups -OCH3 is 1. The van der Waals surface area contributed by atoms with Crippen molar-refractivity contribution in [3.05, 3.63) is 23.5 Å². The van der Waals surface area contributed by atoms with E-state index in [1.165, 1.54) is 12.8 Å². The van der Waals surface area contributed by atoms with Crippen molar-refractivity contribution in [3.63, 3.8) is 0 Å². The van der Waals surface area contributed by atoms with Gasteiger partial charge in [-0.2, -0.15) is 0 Å². The van der Waals surface area contributed by atoms with Gasteiger partial charge in [-0.1, -0.05) is 0 Å². The number of carbonyl (C=O) groups is 1. The number of imidazole rings is 1. The third kappa shape index (κ3) is 4.27. The fourth-order valence-electron chi connectivity index (χ4n) is 5.27. The highest BCUT2D eigenvalue weighted by molar-refractivity contribution is 5.81. The zero-order valence-corrected chi connectivity index (χ0v) is 18.3. The first kappa shape index (κ1) is 20.2. The lowest BCUT2D eigenvalue weighted by molar-refractivity contribution is -0.125. The van der Waals surface area contributed by atoms with Crippen molar-refractivity contribution in [2.45, 2.75) is 77.4 Å². The minimum atomic E-state index is -0.170. The van der Waals surface area contributed by atoms with Crippen LogP contribution in [-0.4, -0.2) is 52.1 Å². The van der Waals surface area contributed by atoms with E-state index in [4.69, 9.17) is 9.72 Å². The first-order valence-corrected chi connectivity index (χ1v) is 10.8. The summed E-state index contributed by atoms with van der Waals surface area (Å²) in [7, 11) is 1.70. The predicted octanol–water partition coefficient (Wildman–Crippen LogP) is 3.58. The Morgan fingerprint density at radius 2 is 1.97 bits per heavy atom. The second-order valence-corrected chi connectivity index (χ2v) is 9.87. The van der Waals surface area contributed by atoms with E-state index in [0.717, 1.165) is 47.4 Å². The number of piperidine rings is 1. The highest BCUT2D eigenvalue weighted by Gasteiger charge is 2.41. The highest BCUT2D eigenvalue weighted by atomic mass is 16.5. The number of aromatic amines is 1. The largest absolute Gasteiger partial charge is 0.496 e. The molecular weight excluding hydrogens is 364 g/mol. The van der Waals surface area contributed by atoms with Gasteiger partial charge in [-0.3, -0.25) is 9.69 Å². The number of amides is 1. The lowest BCUT2D eigenvalue weighted by atomic mass is 9.88. The molecule has 158 valence electrons. The Balaban J connectivity index is 1.41. The number of H-pyrrole nitrogens is 1. The molecule has 0 unspecified atom stereocenters. The third-order valence-corrected chi connectivity index (χ3v) is 6.43. The van der Waals surface area contributed by atoms with Crippen molar-refractivity contribution in [2.24, 2.45) is 5.92 Å². The highest BCUT2D eigenvalue weighted by Crippen LogP contribution is 2.39. The molecule has 2 aliphatic heterocycles. The van der Waals surface area contributed by atoms with Crippen LogP contribution in [0.1, 0.15) is 57.8 Å². The minimum absolute atomic E-state index is 0.148. The normalized spacial score (nSPS) is 24.8. The van der Waals surface area contributed by atoms with Crippen molar-refractivity contribution in [1.29, 1.82) is 0 Å². The van der Waals surface area contributed by atoms with Crippen LogP contribution in [0.3, 0.4) is 0 Å². The summed E-state index contributed by atoms with van der Waals surface area (Å²) in [5.41, 5.74) is 3.01. The summed E-state index contributed by atoms with van der Waals surface area (Å²) in [4.78, 5) is 23.3. The summed E-state index contributed by atoms with van der Waals surface area (Å²) in [6, 6.07) is 5.10. The molecule has 3 heterocycles. The number of carbonyl (C=O) groups excluding carboxylic acids is 1. The van der Waals surface area contributed by atoms with Gasteiger partial charge in [0.1, 0.15) is 11.6 Å². The number of nitrogens with one attached hydrogen (secondary N) is 2. The summed E-state index contributed by atoms with van der Waals surface area (Å²) in [5, 5.41) is 3.11. The quantitative estimate of drug-likeness (QED) is 0.808. The molecule has 2 fully saturated rings. The Kier molecular flexibility index (Phi) is 5.32. The van der Waals surface area contributed by atoms with Gasteiger partial charge in [-0.05, 0) is 71.4 Å². The maximum absolute atomic E-state index is 12.4. The van der Waals surface area contributed by atoms with Gasteiger partial charge in [0.2, 0.25) is 5.91 Å². The molecule has 1 amide bonds. The Bertz CT molecular complexity index is 884. The molecule has 29 heavy (non-hydrogen) atoms. The standard InChI is InChI=1S/C23H34N4O2/c1-14-19(29-5)9-8-18-22(14)25-20(24-18)12-15-10-16-6-7-17(11-15)27(16)13-21(28)26-23(2,3)4/h8-9,15-17H,6-7,10-13H2,1-5H3,(H,24,25)(H,26,28)/t15-,16-,17+. The van der Waals surface area contributed by atoms with Gasteiger partial charge >= 0.3 is 0 Å². The van der Waals surface area contributed by atoms with Crippen LogP contribution in [0.15, 0.2) is 12.1 Å². The molecule has 2 saturated heterocycles. The van der Waals surface area contributed by atoms with Gasteiger partial charge in [0.25, 0.3) is 0 Å². The summed E-state index contributed by atoms with van der Waals surface area (Å²) in [5.74, 6) is 2.72. The molecular formula is C23H34N4O2. The molecule has 3 atom stereocenters. The minimum Gasteiger partial charge on any atom is -0.496 e. The van der Waals surface area contributed by atoms with E-state index >= 15 is 0 Å². The Labute approximate surface area is 173 Å². The fourth-order valence-corrected chi connectivity index (χ4v) is 5.27. The molecule has 2 aliphatic rings. The Morgan fingerprint density at radius 3 is 2.59 bits per heavy atom. The summed E-state index contributed by atoms with van der Waals surface area (Å²) >= 11 is 0. The van der Waals surface area contributed by atoms with Crippen molar-refractivity contribution >= 4 is 16.9 Å². The molecule has 0 aliphatic carbocycles. The average Bonchev–Trinajstić information content (AvgIpc) is 3.12. The Hall–Kier alpha value is -2.08. The number of nitrogens with zero attached hydrogens (tertiary/aromatic N) is 2. The average molecular weight is 399 g/mol. The van der Waals surface area contributed by atoms with E-state index in [1.807, 2.05) is 26.8 Å². The topological polar surface area (TPSA) is 70.2 Å². The predicted molar refractivity (Wildman–Crippen MR) is 115 cm³/mol. The van der Waals surface area contributed by atoms with Gasteiger partial charge in [0.05, 0.1) is 24.7 Å². The molecule has 6 nitrogen and oxygen atoms in total. The van der Waals surface area contributed by atoms with Crippen LogP contribution in [0.2, 0.25) is 0 Å². The number of fused-ring (bicyclic) bond motifs is 3. The van der Waals surface area contributed by atoms with Crippen LogP contribution in [0.5, 0.6) is 5.75 Å². The molecule has 2 bridgehead atoms. The van der Waals surface area contributed by atoms with Gasteiger partial charge in [0, 0.05) is 29.6 Å². The van der Waals surface area contributed by atoms with Crippen molar-refractivity contribution in [2.75, 3.05) is 13.7 Å². The molecule has 6 heteroatoms. The summed E-state index contributed by atoms with van der Waals surface area (Å²) < 4.78 is 5.43. The van der Waals surface area contributed by atoms with Crippen LogP contribution in [0.25, 0.3) is 11.0 Å². The van der Waals surface area contributed by atoms with E-state index < -0.39 is 0 Å². The molecule has 0 spiro atoms. The molecule has 1 aromatic carbocycles. The lowest BCUT2D eigenvalue weighted by Crippen LogP contribution is -2.51.